The minimum absolute atomic E-state index is 0.330. The highest BCUT2D eigenvalue weighted by atomic mass is 79.9. The van der Waals surface area contributed by atoms with Crippen LogP contribution in [0, 0.1) is 5.41 Å². The lowest BCUT2D eigenvalue weighted by Gasteiger charge is -2.18. The molecule has 0 bridgehead atoms. The van der Waals surface area contributed by atoms with Crippen molar-refractivity contribution < 1.29 is 9.47 Å². The minimum Gasteiger partial charge on any atom is -0.493 e. The Morgan fingerprint density at radius 2 is 1.95 bits per heavy atom. The van der Waals surface area contributed by atoms with Crippen molar-refractivity contribution in [2.75, 3.05) is 13.7 Å². The minimum atomic E-state index is 0.330. The second-order valence-electron chi connectivity index (χ2n) is 5.76. The maximum Gasteiger partial charge on any atom is 0.179 e. The van der Waals surface area contributed by atoms with Crippen LogP contribution in [-0.4, -0.2) is 13.7 Å². The van der Waals surface area contributed by atoms with E-state index in [0.29, 0.717) is 28.5 Å². The molecule has 4 heteroatoms. The molecule has 2 nitrogen and oxygen atoms in total. The van der Waals surface area contributed by atoms with Gasteiger partial charge in [-0.25, -0.2) is 0 Å². The molecule has 0 heterocycles. The standard InChI is InChI=1S/C15H22BrClO2/c1-15(2,3)6-5-7-19-14-12(17)8-11(10-16)9-13(14)18-4/h8-9H,5-7,10H2,1-4H3. The Balaban J connectivity index is 2.67. The molecule has 0 N–H and O–H groups in total. The van der Waals surface area contributed by atoms with Crippen molar-refractivity contribution in [3.8, 4) is 11.5 Å². The van der Waals surface area contributed by atoms with E-state index in [1.807, 2.05) is 12.1 Å². The first kappa shape index (κ1) is 16.6. The summed E-state index contributed by atoms with van der Waals surface area (Å²) in [6.07, 6.45) is 2.12. The van der Waals surface area contributed by atoms with E-state index in [1.165, 1.54) is 0 Å². The molecular weight excluding hydrogens is 328 g/mol. The fraction of sp³-hybridized carbons (Fsp3) is 0.600. The SMILES string of the molecule is COc1cc(CBr)cc(Cl)c1OCCCC(C)(C)C. The number of methoxy groups -OCH3 is 1. The first-order valence-electron chi connectivity index (χ1n) is 6.42. The number of hydrogen-bond donors (Lipinski definition) is 0. The van der Waals surface area contributed by atoms with Crippen LogP contribution in [0.25, 0.3) is 0 Å². The molecule has 1 aromatic carbocycles. The zero-order valence-corrected chi connectivity index (χ0v) is 14.4. The second kappa shape index (κ2) is 7.39. The van der Waals surface area contributed by atoms with Gasteiger partial charge in [-0.15, -0.1) is 0 Å². The van der Waals surface area contributed by atoms with E-state index in [1.54, 1.807) is 7.11 Å². The van der Waals surface area contributed by atoms with E-state index < -0.39 is 0 Å². The number of rotatable bonds is 6. The van der Waals surface area contributed by atoms with E-state index in [-0.39, 0.29) is 0 Å². The van der Waals surface area contributed by atoms with Gasteiger partial charge >= 0.3 is 0 Å². The highest BCUT2D eigenvalue weighted by Gasteiger charge is 2.13. The Labute approximate surface area is 129 Å². The van der Waals surface area contributed by atoms with Crippen LogP contribution in [0.4, 0.5) is 0 Å². The van der Waals surface area contributed by atoms with Gasteiger partial charge in [0.25, 0.3) is 0 Å². The van der Waals surface area contributed by atoms with Crippen molar-refractivity contribution in [3.63, 3.8) is 0 Å². The van der Waals surface area contributed by atoms with E-state index >= 15 is 0 Å². The predicted molar refractivity (Wildman–Crippen MR) is 84.8 cm³/mol. The molecule has 0 saturated carbocycles. The van der Waals surface area contributed by atoms with Gasteiger partial charge in [-0.05, 0) is 36.0 Å². The van der Waals surface area contributed by atoms with Crippen LogP contribution in [0.5, 0.6) is 11.5 Å². The van der Waals surface area contributed by atoms with Crippen molar-refractivity contribution in [1.82, 2.24) is 0 Å². The highest BCUT2D eigenvalue weighted by Crippen LogP contribution is 2.37. The molecule has 0 aliphatic rings. The smallest absolute Gasteiger partial charge is 0.179 e. The Morgan fingerprint density at radius 3 is 2.47 bits per heavy atom. The monoisotopic (exact) mass is 348 g/mol. The predicted octanol–water partition coefficient (Wildman–Crippen LogP) is 5.45. The molecule has 0 unspecified atom stereocenters. The lowest BCUT2D eigenvalue weighted by Crippen LogP contribution is -2.08. The molecule has 0 aliphatic carbocycles. The number of alkyl halides is 1. The van der Waals surface area contributed by atoms with E-state index in [2.05, 4.69) is 36.7 Å². The molecule has 19 heavy (non-hydrogen) atoms. The fourth-order valence-corrected chi connectivity index (χ4v) is 2.38. The summed E-state index contributed by atoms with van der Waals surface area (Å²) in [6, 6.07) is 3.84. The third-order valence-electron chi connectivity index (χ3n) is 2.76. The second-order valence-corrected chi connectivity index (χ2v) is 6.72. The zero-order valence-electron chi connectivity index (χ0n) is 12.1. The van der Waals surface area contributed by atoms with Crippen molar-refractivity contribution in [2.45, 2.75) is 38.9 Å². The fourth-order valence-electron chi connectivity index (χ4n) is 1.77. The normalized spacial score (nSPS) is 11.5. The van der Waals surface area contributed by atoms with Crippen molar-refractivity contribution in [1.29, 1.82) is 0 Å². The maximum atomic E-state index is 6.24. The first-order chi connectivity index (χ1) is 8.87. The summed E-state index contributed by atoms with van der Waals surface area (Å²) in [5, 5.41) is 1.34. The lowest BCUT2D eigenvalue weighted by molar-refractivity contribution is 0.258. The van der Waals surface area contributed by atoms with Gasteiger partial charge in [0, 0.05) is 5.33 Å². The molecule has 0 atom stereocenters. The summed E-state index contributed by atoms with van der Waals surface area (Å²) in [5.74, 6) is 1.33. The first-order valence-corrected chi connectivity index (χ1v) is 7.92. The van der Waals surface area contributed by atoms with Crippen LogP contribution in [0.15, 0.2) is 12.1 Å². The van der Waals surface area contributed by atoms with E-state index in [4.69, 9.17) is 21.1 Å². The van der Waals surface area contributed by atoms with E-state index in [0.717, 1.165) is 23.7 Å². The van der Waals surface area contributed by atoms with Gasteiger partial charge in [-0.3, -0.25) is 0 Å². The lowest BCUT2D eigenvalue weighted by atomic mass is 9.91. The maximum absolute atomic E-state index is 6.24. The molecular formula is C15H22BrClO2. The number of hydrogen-bond acceptors (Lipinski definition) is 2. The summed E-state index contributed by atoms with van der Waals surface area (Å²) < 4.78 is 11.1. The molecule has 0 fully saturated rings. The number of benzene rings is 1. The van der Waals surface area contributed by atoms with Crippen LogP contribution in [0.1, 0.15) is 39.2 Å². The molecule has 1 rings (SSSR count). The van der Waals surface area contributed by atoms with Crippen LogP contribution in [-0.2, 0) is 5.33 Å². The quantitative estimate of drug-likeness (QED) is 0.502. The molecule has 0 spiro atoms. The van der Waals surface area contributed by atoms with Crippen molar-refractivity contribution >= 4 is 27.5 Å². The highest BCUT2D eigenvalue weighted by molar-refractivity contribution is 9.08. The Bertz CT molecular complexity index is 413. The summed E-state index contributed by atoms with van der Waals surface area (Å²) >= 11 is 9.65. The summed E-state index contributed by atoms with van der Waals surface area (Å²) in [5.41, 5.74) is 1.40. The van der Waals surface area contributed by atoms with Gasteiger partial charge in [0.05, 0.1) is 18.7 Å². The molecule has 0 saturated heterocycles. The number of halogens is 2. The third-order valence-corrected chi connectivity index (χ3v) is 3.69. The molecule has 0 aromatic heterocycles. The van der Waals surface area contributed by atoms with Gasteiger partial charge in [0.2, 0.25) is 0 Å². The average molecular weight is 350 g/mol. The summed E-state index contributed by atoms with van der Waals surface area (Å²) in [7, 11) is 1.63. The van der Waals surface area contributed by atoms with Gasteiger partial charge in [0.15, 0.2) is 11.5 Å². The Hall–Kier alpha value is -0.410. The molecule has 108 valence electrons. The molecule has 0 aliphatic heterocycles. The van der Waals surface area contributed by atoms with Gasteiger partial charge in [0.1, 0.15) is 0 Å². The Kier molecular flexibility index (Phi) is 6.48. The van der Waals surface area contributed by atoms with Crippen LogP contribution in [0.2, 0.25) is 5.02 Å². The van der Waals surface area contributed by atoms with Crippen molar-refractivity contribution in [2.24, 2.45) is 5.41 Å². The number of ether oxygens (including phenoxy) is 2. The zero-order chi connectivity index (χ0) is 14.5. The molecule has 1 aromatic rings. The van der Waals surface area contributed by atoms with Gasteiger partial charge in [-0.2, -0.15) is 0 Å². The average Bonchev–Trinajstić information content (AvgIpc) is 2.34. The molecule has 0 radical (unpaired) electrons. The topological polar surface area (TPSA) is 18.5 Å². The van der Waals surface area contributed by atoms with Crippen LogP contribution < -0.4 is 9.47 Å². The largest absolute Gasteiger partial charge is 0.493 e. The van der Waals surface area contributed by atoms with Gasteiger partial charge in [-0.1, -0.05) is 48.3 Å². The third kappa shape index (κ3) is 5.62. The summed E-state index contributed by atoms with van der Waals surface area (Å²) in [6.45, 7) is 7.34. The van der Waals surface area contributed by atoms with Gasteiger partial charge < -0.3 is 9.47 Å². The van der Waals surface area contributed by atoms with Crippen LogP contribution >= 0.6 is 27.5 Å². The van der Waals surface area contributed by atoms with Crippen molar-refractivity contribution in [3.05, 3.63) is 22.7 Å². The van der Waals surface area contributed by atoms with E-state index in [9.17, 15) is 0 Å². The molecule has 0 amide bonds. The summed E-state index contributed by atoms with van der Waals surface area (Å²) in [4.78, 5) is 0. The Morgan fingerprint density at radius 1 is 1.26 bits per heavy atom. The van der Waals surface area contributed by atoms with Crippen LogP contribution in [0.3, 0.4) is 0 Å².